The molecule has 0 saturated heterocycles. The molecule has 1 saturated carbocycles. The van der Waals surface area contributed by atoms with E-state index in [0.29, 0.717) is 5.56 Å². The smallest absolute Gasteiger partial charge is 0.271 e. The Balaban J connectivity index is 1.83. The fraction of sp³-hybridized carbons (Fsp3) is 0.214. The summed E-state index contributed by atoms with van der Waals surface area (Å²) in [6.45, 7) is 0. The highest BCUT2D eigenvalue weighted by molar-refractivity contribution is 7.71. The second kappa shape index (κ2) is 6.13. The molecule has 0 spiro atoms. The number of hydrazone groups is 1. The number of aromatic nitrogens is 3. The van der Waals surface area contributed by atoms with Crippen molar-refractivity contribution in [3.8, 4) is 5.88 Å². The zero-order valence-electron chi connectivity index (χ0n) is 11.9. The summed E-state index contributed by atoms with van der Waals surface area (Å²) in [5.41, 5.74) is 2.04. The molecule has 3 N–H and O–H groups in total. The predicted molar refractivity (Wildman–Crippen MR) is 85.1 cm³/mol. The zero-order valence-corrected chi connectivity index (χ0v) is 12.7. The summed E-state index contributed by atoms with van der Waals surface area (Å²) in [5, 5.41) is 13.9. The van der Waals surface area contributed by atoms with Gasteiger partial charge in [0.1, 0.15) is 5.56 Å². The fourth-order valence-electron chi connectivity index (χ4n) is 2.06. The van der Waals surface area contributed by atoms with Crippen LogP contribution in [0, 0.1) is 4.77 Å². The molecule has 1 amide bonds. The summed E-state index contributed by atoms with van der Waals surface area (Å²) < 4.78 is 1.66. The summed E-state index contributed by atoms with van der Waals surface area (Å²) in [7, 11) is 0. The Morgan fingerprint density at radius 1 is 1.48 bits per heavy atom. The molecule has 2 aromatic heterocycles. The average Bonchev–Trinajstić information content (AvgIpc) is 3.35. The number of rotatable bonds is 4. The van der Waals surface area contributed by atoms with Crippen LogP contribution in [0.15, 0.2) is 34.4 Å². The molecule has 118 valence electrons. The molecular weight excluding hydrogens is 318 g/mol. The normalized spacial score (nSPS) is 14.1. The summed E-state index contributed by atoms with van der Waals surface area (Å²) in [6, 6.07) is 3.16. The number of pyridine rings is 1. The molecular formula is C14H13N5O3S. The summed E-state index contributed by atoms with van der Waals surface area (Å²) in [6.07, 6.45) is 5.85. The lowest BCUT2D eigenvalue weighted by Crippen LogP contribution is -2.21. The van der Waals surface area contributed by atoms with E-state index in [1.807, 2.05) is 0 Å². The SMILES string of the molecule is O=C(NN=Cc1c(O)n(C2CC2)c(=S)[nH]c1=O)c1ccncc1. The zero-order chi connectivity index (χ0) is 16.4. The van der Waals surface area contributed by atoms with Crippen LogP contribution in [-0.2, 0) is 0 Å². The third kappa shape index (κ3) is 3.19. The fourth-order valence-corrected chi connectivity index (χ4v) is 2.39. The summed E-state index contributed by atoms with van der Waals surface area (Å²) >= 11 is 5.05. The topological polar surface area (TPSA) is 112 Å². The van der Waals surface area contributed by atoms with E-state index in [2.05, 4.69) is 20.5 Å². The van der Waals surface area contributed by atoms with Crippen molar-refractivity contribution in [1.82, 2.24) is 20.0 Å². The van der Waals surface area contributed by atoms with E-state index in [4.69, 9.17) is 12.2 Å². The van der Waals surface area contributed by atoms with Crippen LogP contribution in [0.1, 0.15) is 34.8 Å². The van der Waals surface area contributed by atoms with Crippen molar-refractivity contribution >= 4 is 24.3 Å². The second-order valence-corrected chi connectivity index (χ2v) is 5.42. The number of nitrogens with zero attached hydrogens (tertiary/aromatic N) is 3. The maximum absolute atomic E-state index is 11.9. The Hall–Kier alpha value is -2.81. The molecule has 9 heteroatoms. The van der Waals surface area contributed by atoms with Gasteiger partial charge < -0.3 is 5.11 Å². The summed E-state index contributed by atoms with van der Waals surface area (Å²) in [4.78, 5) is 30.0. The number of nitrogens with one attached hydrogen (secondary N) is 2. The molecule has 2 heterocycles. The number of hydrogen-bond acceptors (Lipinski definition) is 6. The molecule has 0 bridgehead atoms. The van der Waals surface area contributed by atoms with Crippen molar-refractivity contribution in [1.29, 1.82) is 0 Å². The summed E-state index contributed by atoms with van der Waals surface area (Å²) in [5.74, 6) is -0.697. The van der Waals surface area contributed by atoms with Crippen LogP contribution in [-0.4, -0.2) is 31.8 Å². The van der Waals surface area contributed by atoms with Gasteiger partial charge in [0.15, 0.2) is 4.77 Å². The van der Waals surface area contributed by atoms with E-state index in [1.54, 1.807) is 0 Å². The number of aromatic amines is 1. The van der Waals surface area contributed by atoms with Crippen molar-refractivity contribution in [2.24, 2.45) is 5.10 Å². The number of carbonyl (C=O) groups excluding carboxylic acids is 1. The van der Waals surface area contributed by atoms with Gasteiger partial charge in [0, 0.05) is 24.0 Å². The van der Waals surface area contributed by atoms with Crippen LogP contribution >= 0.6 is 12.2 Å². The van der Waals surface area contributed by atoms with Gasteiger partial charge in [-0.05, 0) is 37.2 Å². The van der Waals surface area contributed by atoms with Gasteiger partial charge in [0.2, 0.25) is 5.88 Å². The van der Waals surface area contributed by atoms with E-state index in [9.17, 15) is 14.7 Å². The maximum Gasteiger partial charge on any atom is 0.271 e. The molecule has 0 aromatic carbocycles. The highest BCUT2D eigenvalue weighted by Crippen LogP contribution is 2.37. The van der Waals surface area contributed by atoms with Crippen molar-refractivity contribution in [2.75, 3.05) is 0 Å². The molecule has 2 aromatic rings. The lowest BCUT2D eigenvalue weighted by atomic mass is 10.3. The van der Waals surface area contributed by atoms with E-state index in [-0.39, 0.29) is 22.3 Å². The van der Waals surface area contributed by atoms with E-state index < -0.39 is 11.5 Å². The number of amides is 1. The quantitative estimate of drug-likeness (QED) is 0.441. The van der Waals surface area contributed by atoms with E-state index >= 15 is 0 Å². The molecule has 0 aliphatic heterocycles. The lowest BCUT2D eigenvalue weighted by Gasteiger charge is -2.09. The van der Waals surface area contributed by atoms with Crippen LogP contribution in [0.25, 0.3) is 0 Å². The largest absolute Gasteiger partial charge is 0.494 e. The predicted octanol–water partition coefficient (Wildman–Crippen LogP) is 1.11. The number of H-pyrrole nitrogens is 1. The van der Waals surface area contributed by atoms with Crippen LogP contribution in [0.2, 0.25) is 0 Å². The monoisotopic (exact) mass is 331 g/mol. The van der Waals surface area contributed by atoms with Gasteiger partial charge >= 0.3 is 0 Å². The Morgan fingerprint density at radius 3 is 2.83 bits per heavy atom. The maximum atomic E-state index is 11.9. The molecule has 0 unspecified atom stereocenters. The van der Waals surface area contributed by atoms with Crippen LogP contribution in [0.3, 0.4) is 0 Å². The minimum absolute atomic E-state index is 0.0551. The second-order valence-electron chi connectivity index (χ2n) is 5.03. The van der Waals surface area contributed by atoms with Gasteiger partial charge in [-0.2, -0.15) is 5.10 Å². The molecule has 23 heavy (non-hydrogen) atoms. The van der Waals surface area contributed by atoms with E-state index in [0.717, 1.165) is 19.1 Å². The molecule has 1 fully saturated rings. The Bertz CT molecular complexity index is 884. The highest BCUT2D eigenvalue weighted by atomic mass is 32.1. The highest BCUT2D eigenvalue weighted by Gasteiger charge is 2.27. The lowest BCUT2D eigenvalue weighted by molar-refractivity contribution is 0.0955. The van der Waals surface area contributed by atoms with Gasteiger partial charge in [0.25, 0.3) is 11.5 Å². The van der Waals surface area contributed by atoms with Gasteiger partial charge in [-0.25, -0.2) is 5.43 Å². The van der Waals surface area contributed by atoms with Gasteiger partial charge in [-0.3, -0.25) is 24.1 Å². The van der Waals surface area contributed by atoms with Gasteiger partial charge in [-0.15, -0.1) is 0 Å². The van der Waals surface area contributed by atoms with Crippen molar-refractivity contribution < 1.29 is 9.90 Å². The molecule has 8 nitrogen and oxygen atoms in total. The van der Waals surface area contributed by atoms with E-state index in [1.165, 1.54) is 29.1 Å². The van der Waals surface area contributed by atoms with Gasteiger partial charge in [0.05, 0.1) is 6.21 Å². The first-order chi connectivity index (χ1) is 11.1. The van der Waals surface area contributed by atoms with Crippen LogP contribution < -0.4 is 11.0 Å². The first-order valence-electron chi connectivity index (χ1n) is 6.89. The first-order valence-corrected chi connectivity index (χ1v) is 7.30. The molecule has 3 rings (SSSR count). The molecule has 0 radical (unpaired) electrons. The third-order valence-electron chi connectivity index (χ3n) is 3.37. The Labute approximate surface area is 135 Å². The van der Waals surface area contributed by atoms with Gasteiger partial charge in [-0.1, -0.05) is 0 Å². The molecule has 0 atom stereocenters. The van der Waals surface area contributed by atoms with Crippen molar-refractivity contribution in [2.45, 2.75) is 18.9 Å². The molecule has 1 aliphatic rings. The average molecular weight is 331 g/mol. The van der Waals surface area contributed by atoms with Crippen molar-refractivity contribution in [3.05, 3.63) is 50.8 Å². The number of hydrogen-bond donors (Lipinski definition) is 3. The number of carbonyl (C=O) groups is 1. The number of aromatic hydroxyl groups is 1. The van der Waals surface area contributed by atoms with Crippen LogP contribution in [0.4, 0.5) is 0 Å². The Morgan fingerprint density at radius 2 is 2.17 bits per heavy atom. The standard InChI is InChI=1S/C14H13N5O3S/c20-11(8-3-5-15-6-4-8)18-16-7-10-12(21)17-14(23)19(13(10)22)9-1-2-9/h3-7,9,22H,1-2H2,(H,18,20)(H,17,21,23). The van der Waals surface area contributed by atoms with Crippen LogP contribution in [0.5, 0.6) is 5.88 Å². The van der Waals surface area contributed by atoms with Crippen molar-refractivity contribution in [3.63, 3.8) is 0 Å². The minimum atomic E-state index is -0.564. The minimum Gasteiger partial charge on any atom is -0.494 e. The molecule has 1 aliphatic carbocycles. The Kier molecular flexibility index (Phi) is 4.02. The third-order valence-corrected chi connectivity index (χ3v) is 3.67. The first kappa shape index (κ1) is 15.1.